The van der Waals surface area contributed by atoms with Crippen LogP contribution in [-0.4, -0.2) is 22.6 Å². The van der Waals surface area contributed by atoms with Crippen molar-refractivity contribution in [2.45, 2.75) is 13.3 Å². The Bertz CT molecular complexity index is 654. The highest BCUT2D eigenvalue weighted by atomic mass is 19.1. The number of rotatable bonds is 5. The molecule has 0 aliphatic heterocycles. The number of carbonyl (C=O) groups is 1. The summed E-state index contributed by atoms with van der Waals surface area (Å²) in [6, 6.07) is 4.90. The molecular weight excluding hydrogens is 278 g/mol. The van der Waals surface area contributed by atoms with Crippen molar-refractivity contribution in [3.8, 4) is 0 Å². The Labute approximate surface area is 120 Å². The molecule has 0 atom stereocenters. The Morgan fingerprint density at radius 2 is 1.95 bits per heavy atom. The maximum absolute atomic E-state index is 13.1. The molecule has 0 fully saturated rings. The molecule has 1 aromatic heterocycles. The zero-order valence-corrected chi connectivity index (χ0v) is 11.4. The lowest BCUT2D eigenvalue weighted by Gasteiger charge is -2.10. The minimum Gasteiger partial charge on any atom is -0.478 e. The summed E-state index contributed by atoms with van der Waals surface area (Å²) >= 11 is 0. The van der Waals surface area contributed by atoms with Gasteiger partial charge in [0.2, 0.25) is 0 Å². The molecule has 2 rings (SSSR count). The molecule has 0 saturated heterocycles. The highest BCUT2D eigenvalue weighted by Crippen LogP contribution is 2.16. The van der Waals surface area contributed by atoms with Gasteiger partial charge in [-0.1, -0.05) is 0 Å². The number of aryl methyl sites for hydroxylation is 1. The third-order valence-electron chi connectivity index (χ3n) is 3.00. The zero-order chi connectivity index (χ0) is 15.4. The van der Waals surface area contributed by atoms with Crippen LogP contribution in [0.4, 0.5) is 14.6 Å². The number of nitrogens with one attached hydrogen (secondary N) is 1. The SMILES string of the molecule is Cc1ccnc(NCCc2cc(F)cc(F)c2)c1C(=O)O. The van der Waals surface area contributed by atoms with Crippen molar-refractivity contribution in [3.63, 3.8) is 0 Å². The summed E-state index contributed by atoms with van der Waals surface area (Å²) in [6.45, 7) is 2.00. The van der Waals surface area contributed by atoms with Crippen LogP contribution in [0.15, 0.2) is 30.5 Å². The fourth-order valence-electron chi connectivity index (χ4n) is 2.04. The molecule has 0 aliphatic rings. The van der Waals surface area contributed by atoms with E-state index < -0.39 is 17.6 Å². The standard InChI is InChI=1S/C15H14F2N2O2/c1-9-2-4-18-14(13(9)15(20)21)19-5-3-10-6-11(16)8-12(17)7-10/h2,4,6-8H,3,5H2,1H3,(H,18,19)(H,20,21). The Kier molecular flexibility index (Phi) is 4.47. The number of aromatic nitrogens is 1. The van der Waals surface area contributed by atoms with E-state index in [1.165, 1.54) is 18.3 Å². The second-order valence-corrected chi connectivity index (χ2v) is 4.61. The number of aromatic carboxylic acids is 1. The zero-order valence-electron chi connectivity index (χ0n) is 11.4. The van der Waals surface area contributed by atoms with Gasteiger partial charge < -0.3 is 10.4 Å². The largest absolute Gasteiger partial charge is 0.478 e. The van der Waals surface area contributed by atoms with Gasteiger partial charge >= 0.3 is 5.97 Å². The number of carboxylic acid groups (broad SMARTS) is 1. The second-order valence-electron chi connectivity index (χ2n) is 4.61. The lowest BCUT2D eigenvalue weighted by Crippen LogP contribution is -2.12. The smallest absolute Gasteiger partial charge is 0.339 e. The third-order valence-corrected chi connectivity index (χ3v) is 3.00. The van der Waals surface area contributed by atoms with Gasteiger partial charge in [0, 0.05) is 18.8 Å². The number of pyridine rings is 1. The molecular formula is C15H14F2N2O2. The highest BCUT2D eigenvalue weighted by molar-refractivity contribution is 5.94. The first-order chi connectivity index (χ1) is 9.97. The lowest BCUT2D eigenvalue weighted by atomic mass is 10.1. The Morgan fingerprint density at radius 3 is 2.57 bits per heavy atom. The van der Waals surface area contributed by atoms with Crippen LogP contribution in [0.1, 0.15) is 21.5 Å². The quantitative estimate of drug-likeness (QED) is 0.889. The van der Waals surface area contributed by atoms with Crippen LogP contribution in [0, 0.1) is 18.6 Å². The van der Waals surface area contributed by atoms with E-state index in [9.17, 15) is 13.6 Å². The number of hydrogen-bond acceptors (Lipinski definition) is 3. The predicted molar refractivity (Wildman–Crippen MR) is 74.5 cm³/mol. The van der Waals surface area contributed by atoms with E-state index in [1.807, 2.05) is 0 Å². The Morgan fingerprint density at radius 1 is 1.29 bits per heavy atom. The molecule has 2 N–H and O–H groups in total. The summed E-state index contributed by atoms with van der Waals surface area (Å²) in [5, 5.41) is 12.0. The van der Waals surface area contributed by atoms with Crippen LogP contribution >= 0.6 is 0 Å². The van der Waals surface area contributed by atoms with Gasteiger partial charge in [0.15, 0.2) is 0 Å². The molecule has 1 heterocycles. The van der Waals surface area contributed by atoms with Gasteiger partial charge in [0.05, 0.1) is 0 Å². The van der Waals surface area contributed by atoms with Gasteiger partial charge in [-0.25, -0.2) is 18.6 Å². The van der Waals surface area contributed by atoms with Crippen LogP contribution in [-0.2, 0) is 6.42 Å². The number of benzene rings is 1. The fourth-order valence-corrected chi connectivity index (χ4v) is 2.04. The number of nitrogens with zero attached hydrogens (tertiary/aromatic N) is 1. The van der Waals surface area contributed by atoms with Crippen LogP contribution < -0.4 is 5.32 Å². The normalized spacial score (nSPS) is 10.4. The first-order valence-corrected chi connectivity index (χ1v) is 6.35. The number of carboxylic acids is 1. The molecule has 0 bridgehead atoms. The Hall–Kier alpha value is -2.50. The molecule has 21 heavy (non-hydrogen) atoms. The maximum atomic E-state index is 13.1. The number of hydrogen-bond donors (Lipinski definition) is 2. The molecule has 0 radical (unpaired) electrons. The van der Waals surface area contributed by atoms with Crippen LogP contribution in [0.5, 0.6) is 0 Å². The number of halogens is 2. The fraction of sp³-hybridized carbons (Fsp3) is 0.200. The molecule has 110 valence electrons. The van der Waals surface area contributed by atoms with Crippen molar-refractivity contribution in [2.24, 2.45) is 0 Å². The second kappa shape index (κ2) is 6.30. The summed E-state index contributed by atoms with van der Waals surface area (Å²) in [7, 11) is 0. The molecule has 1 aromatic carbocycles. The van der Waals surface area contributed by atoms with Gasteiger partial charge in [-0.3, -0.25) is 0 Å². The Balaban J connectivity index is 2.07. The van der Waals surface area contributed by atoms with E-state index in [0.29, 0.717) is 24.1 Å². The predicted octanol–water partition coefficient (Wildman–Crippen LogP) is 3.02. The molecule has 0 unspecified atom stereocenters. The van der Waals surface area contributed by atoms with E-state index in [0.717, 1.165) is 6.07 Å². The van der Waals surface area contributed by atoms with Gasteiger partial charge in [0.1, 0.15) is 23.0 Å². The van der Waals surface area contributed by atoms with Gasteiger partial charge in [-0.05, 0) is 42.7 Å². The van der Waals surface area contributed by atoms with E-state index in [2.05, 4.69) is 10.3 Å². The first-order valence-electron chi connectivity index (χ1n) is 6.35. The van der Waals surface area contributed by atoms with Crippen molar-refractivity contribution in [1.29, 1.82) is 0 Å². The maximum Gasteiger partial charge on any atom is 0.339 e. The van der Waals surface area contributed by atoms with Gasteiger partial charge in [-0.15, -0.1) is 0 Å². The van der Waals surface area contributed by atoms with Crippen molar-refractivity contribution >= 4 is 11.8 Å². The monoisotopic (exact) mass is 292 g/mol. The van der Waals surface area contributed by atoms with Crippen molar-refractivity contribution < 1.29 is 18.7 Å². The third kappa shape index (κ3) is 3.75. The van der Waals surface area contributed by atoms with Crippen molar-refractivity contribution in [3.05, 3.63) is 58.8 Å². The summed E-state index contributed by atoms with van der Waals surface area (Å²) in [5.74, 6) is -2.09. The average molecular weight is 292 g/mol. The van der Waals surface area contributed by atoms with Crippen LogP contribution in [0.2, 0.25) is 0 Å². The number of anilines is 1. The first kappa shape index (κ1) is 14.9. The van der Waals surface area contributed by atoms with E-state index in [1.54, 1.807) is 13.0 Å². The molecule has 0 saturated carbocycles. The topological polar surface area (TPSA) is 62.2 Å². The average Bonchev–Trinajstić information content (AvgIpc) is 2.37. The molecule has 4 nitrogen and oxygen atoms in total. The lowest BCUT2D eigenvalue weighted by molar-refractivity contribution is 0.0697. The van der Waals surface area contributed by atoms with E-state index in [4.69, 9.17) is 5.11 Å². The van der Waals surface area contributed by atoms with Gasteiger partial charge in [-0.2, -0.15) is 0 Å². The summed E-state index contributed by atoms with van der Waals surface area (Å²) in [4.78, 5) is 15.2. The van der Waals surface area contributed by atoms with Gasteiger partial charge in [0.25, 0.3) is 0 Å². The molecule has 0 spiro atoms. The molecule has 0 aliphatic carbocycles. The summed E-state index contributed by atoms with van der Waals surface area (Å²) in [6.07, 6.45) is 1.86. The molecule has 0 amide bonds. The van der Waals surface area contributed by atoms with Crippen molar-refractivity contribution in [1.82, 2.24) is 4.98 Å². The minimum absolute atomic E-state index is 0.0999. The van der Waals surface area contributed by atoms with Crippen molar-refractivity contribution in [2.75, 3.05) is 11.9 Å². The summed E-state index contributed by atoms with van der Waals surface area (Å²) in [5.41, 5.74) is 1.18. The van der Waals surface area contributed by atoms with E-state index in [-0.39, 0.29) is 11.4 Å². The van der Waals surface area contributed by atoms with Crippen LogP contribution in [0.3, 0.4) is 0 Å². The van der Waals surface area contributed by atoms with E-state index >= 15 is 0 Å². The van der Waals surface area contributed by atoms with Crippen LogP contribution in [0.25, 0.3) is 0 Å². The minimum atomic E-state index is -1.07. The summed E-state index contributed by atoms with van der Waals surface area (Å²) < 4.78 is 26.1. The molecule has 6 heteroatoms. The highest BCUT2D eigenvalue weighted by Gasteiger charge is 2.13. The molecule has 2 aromatic rings.